The fourth-order valence-corrected chi connectivity index (χ4v) is 3.49. The Morgan fingerprint density at radius 2 is 1.80 bits per heavy atom. The highest BCUT2D eigenvalue weighted by molar-refractivity contribution is 14.0. The molecular weight excluding hydrogens is 431 g/mol. The van der Waals surface area contributed by atoms with Crippen molar-refractivity contribution in [3.8, 4) is 0 Å². The normalized spacial score (nSPS) is 21.5. The number of morpholine rings is 1. The zero-order valence-corrected chi connectivity index (χ0v) is 17.5. The first-order valence-electron chi connectivity index (χ1n) is 9.17. The summed E-state index contributed by atoms with van der Waals surface area (Å²) in [5.41, 5.74) is 6.28. The van der Waals surface area contributed by atoms with Crippen LogP contribution in [0.3, 0.4) is 0 Å². The van der Waals surface area contributed by atoms with Crippen molar-refractivity contribution in [3.63, 3.8) is 0 Å². The van der Waals surface area contributed by atoms with Gasteiger partial charge in [-0.05, 0) is 31.9 Å². The van der Waals surface area contributed by atoms with E-state index in [1.165, 1.54) is 25.7 Å². The van der Waals surface area contributed by atoms with Crippen molar-refractivity contribution in [1.82, 2.24) is 9.80 Å². The van der Waals surface area contributed by atoms with E-state index in [0.717, 1.165) is 50.9 Å². The summed E-state index contributed by atoms with van der Waals surface area (Å²) in [7, 11) is 0. The maximum atomic E-state index is 6.28. The lowest BCUT2D eigenvalue weighted by Gasteiger charge is -2.32. The van der Waals surface area contributed by atoms with Crippen LogP contribution in [0.5, 0.6) is 0 Å². The zero-order chi connectivity index (χ0) is 16.8. The third-order valence-corrected chi connectivity index (χ3v) is 4.93. The summed E-state index contributed by atoms with van der Waals surface area (Å²) < 4.78 is 11.4. The van der Waals surface area contributed by atoms with E-state index in [0.29, 0.717) is 12.5 Å². The standard InChI is InChI=1S/C18H30N4O2.HI/c1-15-6-7-17(24-15)16(21-10-12-23-13-11-21)14-20-18(19)22-8-4-2-3-5-9-22;/h6-7,16H,2-5,8-14H2,1H3,(H2,19,20);1H. The molecule has 0 saturated carbocycles. The topological polar surface area (TPSA) is 67.2 Å². The Hall–Kier alpha value is -0.800. The van der Waals surface area contributed by atoms with E-state index in [1.54, 1.807) is 0 Å². The zero-order valence-electron chi connectivity index (χ0n) is 15.2. The molecule has 0 aliphatic carbocycles. The molecule has 0 spiro atoms. The highest BCUT2D eigenvalue weighted by Gasteiger charge is 2.25. The lowest BCUT2D eigenvalue weighted by Crippen LogP contribution is -2.41. The molecule has 2 aliphatic heterocycles. The molecule has 3 rings (SSSR count). The number of hydrogen-bond donors (Lipinski definition) is 1. The van der Waals surface area contributed by atoms with Crippen LogP contribution in [0.25, 0.3) is 0 Å². The molecule has 7 heteroatoms. The van der Waals surface area contributed by atoms with Crippen LogP contribution in [0, 0.1) is 6.92 Å². The van der Waals surface area contributed by atoms with Crippen LogP contribution >= 0.6 is 24.0 Å². The molecule has 0 radical (unpaired) electrons. The van der Waals surface area contributed by atoms with Crippen molar-refractivity contribution in [2.75, 3.05) is 45.9 Å². The summed E-state index contributed by atoms with van der Waals surface area (Å²) in [5.74, 6) is 2.59. The lowest BCUT2D eigenvalue weighted by molar-refractivity contribution is 0.0135. The van der Waals surface area contributed by atoms with E-state index in [-0.39, 0.29) is 30.0 Å². The first-order chi connectivity index (χ1) is 11.7. The predicted octanol–water partition coefficient (Wildman–Crippen LogP) is 2.77. The van der Waals surface area contributed by atoms with Gasteiger partial charge in [-0.1, -0.05) is 12.8 Å². The van der Waals surface area contributed by atoms with Gasteiger partial charge in [-0.15, -0.1) is 24.0 Å². The van der Waals surface area contributed by atoms with Crippen molar-refractivity contribution in [1.29, 1.82) is 0 Å². The molecule has 1 unspecified atom stereocenters. The molecule has 2 N–H and O–H groups in total. The molecule has 142 valence electrons. The van der Waals surface area contributed by atoms with Crippen LogP contribution in [-0.2, 0) is 4.74 Å². The molecule has 2 aliphatic rings. The van der Waals surface area contributed by atoms with Gasteiger partial charge in [0.15, 0.2) is 5.96 Å². The summed E-state index contributed by atoms with van der Waals surface area (Å²) in [4.78, 5) is 9.35. The van der Waals surface area contributed by atoms with Crippen molar-refractivity contribution in [3.05, 3.63) is 23.7 Å². The van der Waals surface area contributed by atoms with Crippen LogP contribution in [0.2, 0.25) is 0 Å². The van der Waals surface area contributed by atoms with E-state index >= 15 is 0 Å². The minimum absolute atomic E-state index is 0. The molecule has 0 aromatic carbocycles. The van der Waals surface area contributed by atoms with E-state index in [2.05, 4.69) is 15.9 Å². The van der Waals surface area contributed by atoms with E-state index in [9.17, 15) is 0 Å². The summed E-state index contributed by atoms with van der Waals surface area (Å²) in [6.07, 6.45) is 5.01. The molecule has 6 nitrogen and oxygen atoms in total. The Kier molecular flexibility index (Phi) is 8.51. The van der Waals surface area contributed by atoms with Gasteiger partial charge in [0, 0.05) is 26.2 Å². The fraction of sp³-hybridized carbons (Fsp3) is 0.722. The quantitative estimate of drug-likeness (QED) is 0.424. The number of guanidine groups is 1. The second-order valence-corrected chi connectivity index (χ2v) is 6.71. The summed E-state index contributed by atoms with van der Waals surface area (Å²) in [5, 5.41) is 0. The Labute approximate surface area is 167 Å². The number of ether oxygens (including phenoxy) is 1. The van der Waals surface area contributed by atoms with Gasteiger partial charge >= 0.3 is 0 Å². The molecular formula is C18H31IN4O2. The average molecular weight is 462 g/mol. The molecule has 2 saturated heterocycles. The minimum atomic E-state index is 0. The van der Waals surface area contributed by atoms with Crippen molar-refractivity contribution in [2.24, 2.45) is 10.7 Å². The number of likely N-dealkylation sites (tertiary alicyclic amines) is 1. The number of aliphatic imine (C=N–C) groups is 1. The lowest BCUT2D eigenvalue weighted by atomic mass is 10.1. The maximum Gasteiger partial charge on any atom is 0.191 e. The van der Waals surface area contributed by atoms with Gasteiger partial charge in [0.2, 0.25) is 0 Å². The molecule has 0 bridgehead atoms. The Morgan fingerprint density at radius 1 is 1.12 bits per heavy atom. The first kappa shape index (κ1) is 20.5. The highest BCUT2D eigenvalue weighted by atomic mass is 127. The van der Waals surface area contributed by atoms with Gasteiger partial charge in [-0.25, -0.2) is 0 Å². The largest absolute Gasteiger partial charge is 0.465 e. The number of hydrogen-bond acceptors (Lipinski definition) is 4. The smallest absolute Gasteiger partial charge is 0.191 e. The molecule has 2 fully saturated rings. The SMILES string of the molecule is Cc1ccc(C(CN=C(N)N2CCCCCC2)N2CCOCC2)o1.I. The number of nitrogens with two attached hydrogens (primary N) is 1. The highest BCUT2D eigenvalue weighted by Crippen LogP contribution is 2.24. The van der Waals surface area contributed by atoms with Crippen molar-refractivity contribution in [2.45, 2.75) is 38.6 Å². The Bertz CT molecular complexity index is 535. The van der Waals surface area contributed by atoms with E-state index < -0.39 is 0 Å². The van der Waals surface area contributed by atoms with Crippen LogP contribution in [0.1, 0.15) is 43.2 Å². The van der Waals surface area contributed by atoms with Crippen LogP contribution in [0.4, 0.5) is 0 Å². The van der Waals surface area contributed by atoms with Gasteiger partial charge in [0.25, 0.3) is 0 Å². The van der Waals surface area contributed by atoms with Gasteiger partial charge < -0.3 is 19.8 Å². The molecule has 1 atom stereocenters. The maximum absolute atomic E-state index is 6.28. The number of nitrogens with zero attached hydrogens (tertiary/aromatic N) is 3. The van der Waals surface area contributed by atoms with Crippen molar-refractivity contribution >= 4 is 29.9 Å². The average Bonchev–Trinajstić information content (AvgIpc) is 2.87. The summed E-state index contributed by atoms with van der Waals surface area (Å²) in [6.45, 7) is 8.01. The number of rotatable bonds is 4. The Morgan fingerprint density at radius 3 is 2.40 bits per heavy atom. The van der Waals surface area contributed by atoms with E-state index in [4.69, 9.17) is 19.9 Å². The van der Waals surface area contributed by atoms with Gasteiger partial charge in [-0.2, -0.15) is 0 Å². The predicted molar refractivity (Wildman–Crippen MR) is 111 cm³/mol. The number of furan rings is 1. The van der Waals surface area contributed by atoms with Crippen LogP contribution in [-0.4, -0.2) is 61.7 Å². The third kappa shape index (κ3) is 5.86. The molecule has 1 aromatic rings. The third-order valence-electron chi connectivity index (χ3n) is 4.93. The second-order valence-electron chi connectivity index (χ2n) is 6.71. The fourth-order valence-electron chi connectivity index (χ4n) is 3.49. The summed E-state index contributed by atoms with van der Waals surface area (Å²) >= 11 is 0. The molecule has 25 heavy (non-hydrogen) atoms. The first-order valence-corrected chi connectivity index (χ1v) is 9.17. The molecule has 1 aromatic heterocycles. The van der Waals surface area contributed by atoms with Crippen LogP contribution < -0.4 is 5.73 Å². The van der Waals surface area contributed by atoms with Gasteiger partial charge in [0.1, 0.15) is 11.5 Å². The van der Waals surface area contributed by atoms with Gasteiger partial charge in [0.05, 0.1) is 25.8 Å². The monoisotopic (exact) mass is 462 g/mol. The van der Waals surface area contributed by atoms with Gasteiger partial charge in [-0.3, -0.25) is 9.89 Å². The molecule has 3 heterocycles. The number of aryl methyl sites for hydroxylation is 1. The number of halogens is 1. The van der Waals surface area contributed by atoms with Crippen molar-refractivity contribution < 1.29 is 9.15 Å². The van der Waals surface area contributed by atoms with E-state index in [1.807, 2.05) is 13.0 Å². The van der Waals surface area contributed by atoms with Crippen LogP contribution in [0.15, 0.2) is 21.5 Å². The minimum Gasteiger partial charge on any atom is -0.465 e. The summed E-state index contributed by atoms with van der Waals surface area (Å²) in [6, 6.07) is 4.21. The Balaban J connectivity index is 0.00000225. The molecule has 0 amide bonds. The second kappa shape index (κ2) is 10.4.